The van der Waals surface area contributed by atoms with Crippen molar-refractivity contribution in [3.63, 3.8) is 0 Å². The Morgan fingerprint density at radius 2 is 1.97 bits per heavy atom. The largest absolute Gasteiger partial charge is 0.397 e. The van der Waals surface area contributed by atoms with Crippen LogP contribution >= 0.6 is 11.3 Å². The number of carbonyl (C=O) groups excluding carboxylic acids is 1. The number of hydrogen-bond donors (Lipinski definition) is 3. The highest BCUT2D eigenvalue weighted by molar-refractivity contribution is 7.89. The zero-order chi connectivity index (χ0) is 24.7. The number of thiophene rings is 1. The lowest BCUT2D eigenvalue weighted by Gasteiger charge is -2.36. The quantitative estimate of drug-likeness (QED) is 0.451. The number of nitrogens with two attached hydrogens (primary N) is 2. The molecule has 0 bridgehead atoms. The van der Waals surface area contributed by atoms with Crippen LogP contribution in [0, 0.1) is 11.3 Å². The molecule has 9 heteroatoms. The van der Waals surface area contributed by atoms with E-state index in [1.807, 2.05) is 0 Å². The van der Waals surface area contributed by atoms with Gasteiger partial charge in [-0.15, -0.1) is 11.3 Å². The third-order valence-corrected chi connectivity index (χ3v) is 9.30. The predicted molar refractivity (Wildman–Crippen MR) is 137 cm³/mol. The number of nitrogen functional groups attached to an aromatic ring is 1. The molecule has 2 heterocycles. The molecule has 1 aliphatic rings. The Morgan fingerprint density at radius 3 is 2.62 bits per heavy atom. The molecule has 5 N–H and O–H groups in total. The van der Waals surface area contributed by atoms with E-state index < -0.39 is 10.0 Å². The fraction of sp³-hybridized carbons (Fsp3) is 0.440. The molecule has 2 aromatic heterocycles. The number of nitrogens with zero attached hydrogens (tertiary/aromatic N) is 1. The second kappa shape index (κ2) is 9.28. The van der Waals surface area contributed by atoms with E-state index >= 15 is 0 Å². The maximum atomic E-state index is 12.9. The van der Waals surface area contributed by atoms with E-state index in [0.717, 1.165) is 47.2 Å². The van der Waals surface area contributed by atoms with Gasteiger partial charge in [0.2, 0.25) is 10.0 Å². The minimum Gasteiger partial charge on any atom is -0.397 e. The summed E-state index contributed by atoms with van der Waals surface area (Å²) in [6.07, 6.45) is 4.80. The third-order valence-electron chi connectivity index (χ3n) is 7.26. The number of rotatable bonds is 7. The summed E-state index contributed by atoms with van der Waals surface area (Å²) in [6.45, 7) is 7.33. The number of sulfonamides is 1. The minimum atomic E-state index is -3.71. The molecular weight excluding hydrogens is 468 g/mol. The summed E-state index contributed by atoms with van der Waals surface area (Å²) in [5.74, 6) is 0.399. The molecule has 1 aromatic carbocycles. The molecule has 0 radical (unpaired) electrons. The van der Waals surface area contributed by atoms with Gasteiger partial charge in [-0.25, -0.2) is 18.5 Å². The van der Waals surface area contributed by atoms with E-state index in [1.54, 1.807) is 12.1 Å². The molecule has 0 saturated heterocycles. The van der Waals surface area contributed by atoms with Gasteiger partial charge in [0, 0.05) is 17.6 Å². The lowest BCUT2D eigenvalue weighted by Crippen LogP contribution is -2.29. The van der Waals surface area contributed by atoms with Crippen LogP contribution in [0.3, 0.4) is 0 Å². The maximum Gasteiger partial charge on any atom is 0.263 e. The number of amides is 1. The monoisotopic (exact) mass is 500 g/mol. The fourth-order valence-electron chi connectivity index (χ4n) is 4.56. The molecule has 7 nitrogen and oxygen atoms in total. The number of aromatic nitrogens is 1. The zero-order valence-corrected chi connectivity index (χ0v) is 21.5. The normalized spacial score (nSPS) is 16.4. The van der Waals surface area contributed by atoms with Crippen molar-refractivity contribution in [2.45, 2.75) is 57.8 Å². The van der Waals surface area contributed by atoms with Crippen molar-refractivity contribution in [1.82, 2.24) is 10.3 Å². The van der Waals surface area contributed by atoms with Gasteiger partial charge < -0.3 is 11.1 Å². The molecule has 4 rings (SSSR count). The first-order valence-corrected chi connectivity index (χ1v) is 14.0. The second-order valence-corrected chi connectivity index (χ2v) is 12.3. The number of nitrogens with one attached hydrogen (secondary N) is 1. The van der Waals surface area contributed by atoms with Crippen LogP contribution in [0.2, 0.25) is 0 Å². The number of aryl methyl sites for hydroxylation is 1. The second-order valence-electron chi connectivity index (χ2n) is 9.77. The van der Waals surface area contributed by atoms with E-state index in [9.17, 15) is 13.2 Å². The van der Waals surface area contributed by atoms with Crippen molar-refractivity contribution in [1.29, 1.82) is 0 Å². The maximum absolute atomic E-state index is 12.9. The van der Waals surface area contributed by atoms with Gasteiger partial charge in [0.1, 0.15) is 9.71 Å². The summed E-state index contributed by atoms with van der Waals surface area (Å²) in [5.41, 5.74) is 10.5. The van der Waals surface area contributed by atoms with E-state index in [2.05, 4.69) is 32.2 Å². The third kappa shape index (κ3) is 4.96. The first-order valence-electron chi connectivity index (χ1n) is 11.6. The average Bonchev–Trinajstić information content (AvgIpc) is 3.12. The Morgan fingerprint density at radius 1 is 1.26 bits per heavy atom. The first-order chi connectivity index (χ1) is 16.0. The van der Waals surface area contributed by atoms with Crippen LogP contribution in [0.4, 0.5) is 5.69 Å². The molecule has 0 aliphatic heterocycles. The van der Waals surface area contributed by atoms with Gasteiger partial charge in [-0.05, 0) is 66.3 Å². The number of primary sulfonamides is 1. The number of carbonyl (C=O) groups is 1. The summed E-state index contributed by atoms with van der Waals surface area (Å²) >= 11 is 1.34. The van der Waals surface area contributed by atoms with E-state index in [4.69, 9.17) is 15.9 Å². The number of anilines is 1. The first kappa shape index (κ1) is 24.6. The van der Waals surface area contributed by atoms with Gasteiger partial charge in [-0.3, -0.25) is 4.79 Å². The highest BCUT2D eigenvalue weighted by Crippen LogP contribution is 2.41. The number of hydrogen-bond acceptors (Lipinski definition) is 6. The van der Waals surface area contributed by atoms with Gasteiger partial charge >= 0.3 is 0 Å². The molecule has 1 amide bonds. The van der Waals surface area contributed by atoms with Gasteiger partial charge in [0.15, 0.2) is 0 Å². The van der Waals surface area contributed by atoms with Crippen LogP contribution in [-0.2, 0) is 29.3 Å². The van der Waals surface area contributed by atoms with E-state index in [0.29, 0.717) is 29.4 Å². The average molecular weight is 501 g/mol. The van der Waals surface area contributed by atoms with Gasteiger partial charge in [-0.2, -0.15) is 0 Å². The fourth-order valence-corrected chi connectivity index (χ4v) is 6.09. The van der Waals surface area contributed by atoms with Gasteiger partial charge in [0.25, 0.3) is 5.91 Å². The molecule has 0 saturated carbocycles. The molecule has 0 fully saturated rings. The summed E-state index contributed by atoms with van der Waals surface area (Å²) in [7, 11) is -3.71. The van der Waals surface area contributed by atoms with Crippen LogP contribution in [0.5, 0.6) is 0 Å². The minimum absolute atomic E-state index is 0.0677. The molecule has 3 aromatic rings. The van der Waals surface area contributed by atoms with E-state index in [1.165, 1.54) is 29.0 Å². The predicted octanol–water partition coefficient (Wildman–Crippen LogP) is 4.04. The van der Waals surface area contributed by atoms with Crippen molar-refractivity contribution in [2.24, 2.45) is 16.5 Å². The summed E-state index contributed by atoms with van der Waals surface area (Å²) in [4.78, 5) is 19.1. The SMILES string of the molecule is CCC(C)(C)[C@@H]1CCc2nc3sc(C(=O)NCCc4ccc(S(N)(=O)=O)cc4)c(N)c3cc2C1. The van der Waals surface area contributed by atoms with Crippen molar-refractivity contribution in [2.75, 3.05) is 12.3 Å². The van der Waals surface area contributed by atoms with Crippen LogP contribution < -0.4 is 16.2 Å². The Hall–Kier alpha value is -2.49. The molecule has 182 valence electrons. The standard InChI is InChI=1S/C25H32N4O3S2/c1-4-25(2,3)17-7-10-20-16(13-17)14-19-21(26)22(33-24(19)29-20)23(30)28-12-11-15-5-8-18(9-6-15)34(27,31)32/h5-6,8-9,14,17H,4,7,10-13,26H2,1-3H3,(H,28,30)(H2,27,31,32)/t17-/m1/s1. The van der Waals surface area contributed by atoms with Crippen LogP contribution in [-0.4, -0.2) is 25.9 Å². The smallest absolute Gasteiger partial charge is 0.263 e. The lowest BCUT2D eigenvalue weighted by atomic mass is 9.69. The molecule has 0 spiro atoms. The molecule has 0 unspecified atom stereocenters. The highest BCUT2D eigenvalue weighted by Gasteiger charge is 2.32. The van der Waals surface area contributed by atoms with Gasteiger partial charge in [-0.1, -0.05) is 39.3 Å². The zero-order valence-electron chi connectivity index (χ0n) is 19.8. The van der Waals surface area contributed by atoms with Gasteiger partial charge in [0.05, 0.1) is 10.6 Å². The van der Waals surface area contributed by atoms with Crippen molar-refractivity contribution >= 4 is 43.2 Å². The Labute approximate surface area is 205 Å². The molecule has 1 aliphatic carbocycles. The molecule has 1 atom stereocenters. The summed E-state index contributed by atoms with van der Waals surface area (Å²) in [6, 6.07) is 8.47. The molecule has 34 heavy (non-hydrogen) atoms. The summed E-state index contributed by atoms with van der Waals surface area (Å²) < 4.78 is 22.7. The number of benzene rings is 1. The van der Waals surface area contributed by atoms with Crippen LogP contribution in [0.25, 0.3) is 10.2 Å². The highest BCUT2D eigenvalue weighted by atomic mass is 32.2. The van der Waals surface area contributed by atoms with Crippen LogP contribution in [0.15, 0.2) is 35.2 Å². The van der Waals surface area contributed by atoms with Crippen molar-refractivity contribution in [3.05, 3.63) is 52.0 Å². The Kier molecular flexibility index (Phi) is 6.72. The summed E-state index contributed by atoms with van der Waals surface area (Å²) in [5, 5.41) is 8.91. The number of fused-ring (bicyclic) bond motifs is 2. The molecular formula is C25H32N4O3S2. The Balaban J connectivity index is 1.46. The van der Waals surface area contributed by atoms with Crippen LogP contribution in [0.1, 0.15) is 60.1 Å². The number of pyridine rings is 1. The van der Waals surface area contributed by atoms with Crippen molar-refractivity contribution < 1.29 is 13.2 Å². The van der Waals surface area contributed by atoms with Crippen molar-refractivity contribution in [3.8, 4) is 0 Å². The Bertz CT molecular complexity index is 1330. The topological polar surface area (TPSA) is 128 Å². The lowest BCUT2D eigenvalue weighted by molar-refractivity contribution is 0.0959. The van der Waals surface area contributed by atoms with E-state index in [-0.39, 0.29) is 16.2 Å².